The van der Waals surface area contributed by atoms with E-state index in [1.165, 1.54) is 30.3 Å². The fraction of sp³-hybridized carbons (Fsp3) is 0.321. The molecule has 0 saturated heterocycles. The molecule has 3 N–H and O–H groups in total. The number of anilines is 2. The standard InChI is InChI=1S/C28H32FN3O6S/c1-17(2)26-23(14-13-21(33)15-22(34)16-25(35)36)27(19-9-11-20(29)12-10-19)31-28(30-26)32(39(4,37)38)24-8-6-5-7-18(24)3/h5-14,17,21-22,33-34H,15-16H2,1-4H3,(H,35,36)/b14-13+/t21-,22-/m1/s1. The van der Waals surface area contributed by atoms with Gasteiger partial charge in [-0.25, -0.2) is 27.1 Å². The molecular formula is C28H32FN3O6S. The molecule has 11 heteroatoms. The summed E-state index contributed by atoms with van der Waals surface area (Å²) in [6.45, 7) is 5.50. The lowest BCUT2D eigenvalue weighted by molar-refractivity contribution is -0.139. The Hall–Kier alpha value is -3.67. The second-order valence-electron chi connectivity index (χ2n) is 9.56. The molecule has 208 valence electrons. The van der Waals surface area contributed by atoms with Crippen LogP contribution in [0, 0.1) is 12.7 Å². The summed E-state index contributed by atoms with van der Waals surface area (Å²) in [4.78, 5) is 20.1. The number of benzene rings is 2. The molecule has 2 atom stereocenters. The molecule has 0 bridgehead atoms. The molecule has 0 aliphatic rings. The summed E-state index contributed by atoms with van der Waals surface area (Å²) in [6.07, 6.45) is 0.842. The van der Waals surface area contributed by atoms with Gasteiger partial charge < -0.3 is 15.3 Å². The minimum Gasteiger partial charge on any atom is -0.481 e. The van der Waals surface area contributed by atoms with Gasteiger partial charge in [0.2, 0.25) is 16.0 Å². The van der Waals surface area contributed by atoms with Crippen LogP contribution in [-0.4, -0.2) is 58.1 Å². The van der Waals surface area contributed by atoms with E-state index in [1.807, 2.05) is 13.8 Å². The molecule has 39 heavy (non-hydrogen) atoms. The molecule has 3 aromatic rings. The van der Waals surface area contributed by atoms with Gasteiger partial charge in [-0.05, 0) is 48.7 Å². The Balaban J connectivity index is 2.24. The third-order valence-corrected chi connectivity index (χ3v) is 6.91. The van der Waals surface area contributed by atoms with Gasteiger partial charge >= 0.3 is 5.97 Å². The highest BCUT2D eigenvalue weighted by molar-refractivity contribution is 7.92. The van der Waals surface area contributed by atoms with Crippen LogP contribution >= 0.6 is 0 Å². The first-order valence-corrected chi connectivity index (χ1v) is 14.1. The van der Waals surface area contributed by atoms with E-state index in [1.54, 1.807) is 37.3 Å². The number of aliphatic carboxylic acids is 1. The normalized spacial score (nSPS) is 13.5. The van der Waals surface area contributed by atoms with Crippen LogP contribution in [0.3, 0.4) is 0 Å². The van der Waals surface area contributed by atoms with Crippen LogP contribution in [0.1, 0.15) is 49.4 Å². The average molecular weight is 558 g/mol. The number of carboxylic acid groups (broad SMARTS) is 1. The van der Waals surface area contributed by atoms with E-state index >= 15 is 0 Å². The van der Waals surface area contributed by atoms with Crippen LogP contribution in [0.15, 0.2) is 54.6 Å². The topological polar surface area (TPSA) is 141 Å². The summed E-state index contributed by atoms with van der Waals surface area (Å²) >= 11 is 0. The van der Waals surface area contributed by atoms with Gasteiger partial charge in [-0.3, -0.25) is 4.79 Å². The number of carbonyl (C=O) groups is 1. The minimum atomic E-state index is -3.89. The Morgan fingerprint density at radius 3 is 2.28 bits per heavy atom. The summed E-state index contributed by atoms with van der Waals surface area (Å²) < 4.78 is 40.9. The fourth-order valence-corrected chi connectivity index (χ4v) is 5.01. The molecule has 0 unspecified atom stereocenters. The van der Waals surface area contributed by atoms with Crippen molar-refractivity contribution in [2.75, 3.05) is 10.6 Å². The maximum Gasteiger partial charge on any atom is 0.305 e. The summed E-state index contributed by atoms with van der Waals surface area (Å²) in [6, 6.07) is 12.5. The van der Waals surface area contributed by atoms with Gasteiger partial charge in [0, 0.05) is 17.5 Å². The number of aliphatic hydroxyl groups is 2. The lowest BCUT2D eigenvalue weighted by atomic mass is 9.97. The van der Waals surface area contributed by atoms with Crippen molar-refractivity contribution in [1.82, 2.24) is 9.97 Å². The number of aryl methyl sites for hydroxylation is 1. The summed E-state index contributed by atoms with van der Waals surface area (Å²) in [7, 11) is -3.89. The predicted molar refractivity (Wildman–Crippen MR) is 148 cm³/mol. The number of rotatable bonds is 11. The summed E-state index contributed by atoms with van der Waals surface area (Å²) in [5.74, 6) is -1.97. The first-order chi connectivity index (χ1) is 18.3. The van der Waals surface area contributed by atoms with Crippen molar-refractivity contribution in [3.63, 3.8) is 0 Å². The highest BCUT2D eigenvalue weighted by Gasteiger charge is 2.27. The number of para-hydroxylation sites is 1. The number of hydrogen-bond donors (Lipinski definition) is 3. The Morgan fingerprint density at radius 2 is 1.72 bits per heavy atom. The zero-order valence-corrected chi connectivity index (χ0v) is 22.9. The van der Waals surface area contributed by atoms with Crippen molar-refractivity contribution >= 4 is 33.7 Å². The molecule has 0 aliphatic heterocycles. The second-order valence-corrected chi connectivity index (χ2v) is 11.4. The van der Waals surface area contributed by atoms with Gasteiger partial charge in [0.15, 0.2) is 0 Å². The third-order valence-electron chi connectivity index (χ3n) is 5.88. The summed E-state index contributed by atoms with van der Waals surface area (Å²) in [5, 5.41) is 29.2. The van der Waals surface area contributed by atoms with Crippen molar-refractivity contribution in [3.05, 3.63) is 77.2 Å². The second kappa shape index (κ2) is 12.5. The van der Waals surface area contributed by atoms with Crippen LogP contribution < -0.4 is 4.31 Å². The van der Waals surface area contributed by atoms with E-state index < -0.39 is 40.4 Å². The maximum atomic E-state index is 13.8. The minimum absolute atomic E-state index is 0.0931. The Morgan fingerprint density at radius 1 is 1.08 bits per heavy atom. The van der Waals surface area contributed by atoms with E-state index in [4.69, 9.17) is 5.11 Å². The first-order valence-electron chi connectivity index (χ1n) is 12.3. The van der Waals surface area contributed by atoms with Gasteiger partial charge in [0.05, 0.1) is 42.0 Å². The van der Waals surface area contributed by atoms with Crippen LogP contribution in [0.25, 0.3) is 17.3 Å². The van der Waals surface area contributed by atoms with E-state index in [0.29, 0.717) is 33.8 Å². The van der Waals surface area contributed by atoms with Crippen LogP contribution in [0.4, 0.5) is 16.0 Å². The van der Waals surface area contributed by atoms with Gasteiger partial charge in [-0.15, -0.1) is 0 Å². The third kappa shape index (κ3) is 7.69. The van der Waals surface area contributed by atoms with Gasteiger partial charge in [0.25, 0.3) is 0 Å². The first kappa shape index (κ1) is 29.9. The molecule has 0 radical (unpaired) electrons. The molecule has 1 heterocycles. The highest BCUT2D eigenvalue weighted by Crippen LogP contribution is 2.35. The molecular weight excluding hydrogens is 525 g/mol. The Bertz CT molecular complexity index is 1460. The Labute approximate surface area is 227 Å². The number of nitrogens with zero attached hydrogens (tertiary/aromatic N) is 3. The van der Waals surface area contributed by atoms with E-state index in [9.17, 15) is 27.8 Å². The highest BCUT2D eigenvalue weighted by atomic mass is 32.2. The van der Waals surface area contributed by atoms with Gasteiger partial charge in [0.1, 0.15) is 5.82 Å². The van der Waals surface area contributed by atoms with Crippen molar-refractivity contribution in [2.24, 2.45) is 0 Å². The predicted octanol–water partition coefficient (Wildman–Crippen LogP) is 4.41. The molecule has 3 rings (SSSR count). The van der Waals surface area contributed by atoms with Crippen LogP contribution in [0.2, 0.25) is 0 Å². The number of aliphatic hydroxyl groups excluding tert-OH is 2. The summed E-state index contributed by atoms with van der Waals surface area (Å²) in [5.41, 5.74) is 2.79. The largest absolute Gasteiger partial charge is 0.481 e. The van der Waals surface area contributed by atoms with E-state index in [2.05, 4.69) is 9.97 Å². The van der Waals surface area contributed by atoms with E-state index in [-0.39, 0.29) is 18.3 Å². The lowest BCUT2D eigenvalue weighted by Gasteiger charge is -2.25. The number of hydrogen-bond acceptors (Lipinski definition) is 7. The number of halogens is 1. The average Bonchev–Trinajstić information content (AvgIpc) is 2.83. The van der Waals surface area contributed by atoms with Crippen LogP contribution in [-0.2, 0) is 14.8 Å². The monoisotopic (exact) mass is 557 g/mol. The zero-order valence-electron chi connectivity index (χ0n) is 22.1. The van der Waals surface area contributed by atoms with Crippen molar-refractivity contribution in [2.45, 2.75) is 51.7 Å². The zero-order chi connectivity index (χ0) is 28.9. The van der Waals surface area contributed by atoms with Gasteiger partial charge in [-0.2, -0.15) is 0 Å². The molecule has 0 spiro atoms. The Kier molecular flexibility index (Phi) is 9.54. The molecule has 0 aliphatic carbocycles. The number of carboxylic acids is 1. The number of sulfonamides is 1. The van der Waals surface area contributed by atoms with Crippen molar-refractivity contribution in [1.29, 1.82) is 0 Å². The van der Waals surface area contributed by atoms with Crippen molar-refractivity contribution < 1.29 is 32.9 Å². The molecule has 0 saturated carbocycles. The fourth-order valence-electron chi connectivity index (χ4n) is 4.07. The lowest BCUT2D eigenvalue weighted by Crippen LogP contribution is -2.28. The SMILES string of the molecule is Cc1ccccc1N(c1nc(-c2ccc(F)cc2)c(/C=C/[C@@H](O)C[C@@H](O)CC(=O)O)c(C(C)C)n1)S(C)(=O)=O. The maximum absolute atomic E-state index is 13.8. The quantitative estimate of drug-likeness (QED) is 0.315. The van der Waals surface area contributed by atoms with Crippen molar-refractivity contribution in [3.8, 4) is 11.3 Å². The molecule has 9 nitrogen and oxygen atoms in total. The molecule has 0 fully saturated rings. The molecule has 1 aromatic heterocycles. The number of aromatic nitrogens is 2. The van der Waals surface area contributed by atoms with E-state index in [0.717, 1.165) is 10.6 Å². The molecule has 0 amide bonds. The molecule has 2 aromatic carbocycles. The van der Waals surface area contributed by atoms with Crippen LogP contribution in [0.5, 0.6) is 0 Å². The van der Waals surface area contributed by atoms with Gasteiger partial charge in [-0.1, -0.05) is 44.2 Å². The smallest absolute Gasteiger partial charge is 0.305 e.